The molecule has 1 N–H and O–H groups in total. The Balaban J connectivity index is 1.50. The summed E-state index contributed by atoms with van der Waals surface area (Å²) in [4.78, 5) is 26.5. The van der Waals surface area contributed by atoms with Crippen LogP contribution in [-0.4, -0.2) is 62.2 Å². The molecule has 32 heavy (non-hydrogen) atoms. The normalized spacial score (nSPS) is 14.9. The Kier molecular flexibility index (Phi) is 7.53. The highest BCUT2D eigenvalue weighted by Gasteiger charge is 2.30. The molecule has 0 radical (unpaired) electrons. The van der Waals surface area contributed by atoms with Crippen molar-refractivity contribution in [3.05, 3.63) is 63.9 Å². The van der Waals surface area contributed by atoms with Crippen LogP contribution in [0.25, 0.3) is 0 Å². The number of carbonyl (C=O) groups is 2. The van der Waals surface area contributed by atoms with Gasteiger partial charge in [0.15, 0.2) is 0 Å². The van der Waals surface area contributed by atoms with E-state index in [2.05, 4.69) is 5.32 Å². The average molecular weight is 482 g/mol. The topological polar surface area (TPSA) is 86.8 Å². The number of nitrogens with one attached hydrogen (secondary N) is 1. The Bertz CT molecular complexity index is 1130. The third-order valence-electron chi connectivity index (χ3n) is 5.51. The Hall–Kier alpha value is -2.49. The minimum absolute atomic E-state index is 0.00470. The number of benzene rings is 2. The van der Waals surface area contributed by atoms with Gasteiger partial charge in [-0.25, -0.2) is 12.8 Å². The standard InChI is InChI=1S/C22H25ClFN3O4S/c1-15-3-5-18(13-16(15)2)32(30,31)27-11-9-26(10-12-27)21(28)7-8-25-22(29)19-6-4-17(24)14-20(19)23/h3-6,13-14H,7-12H2,1-2H3,(H,25,29). The van der Waals surface area contributed by atoms with E-state index < -0.39 is 21.7 Å². The van der Waals surface area contributed by atoms with E-state index in [4.69, 9.17) is 11.6 Å². The van der Waals surface area contributed by atoms with Crippen LogP contribution in [-0.2, 0) is 14.8 Å². The van der Waals surface area contributed by atoms with Crippen molar-refractivity contribution >= 4 is 33.4 Å². The minimum atomic E-state index is -3.62. The van der Waals surface area contributed by atoms with Crippen LogP contribution in [0.3, 0.4) is 0 Å². The van der Waals surface area contributed by atoms with Crippen LogP contribution in [0.5, 0.6) is 0 Å². The quantitative estimate of drug-likeness (QED) is 0.687. The zero-order valence-electron chi connectivity index (χ0n) is 17.9. The Morgan fingerprint density at radius 1 is 1.03 bits per heavy atom. The number of aryl methyl sites for hydroxylation is 2. The minimum Gasteiger partial charge on any atom is -0.351 e. The molecule has 0 spiro atoms. The van der Waals surface area contributed by atoms with Gasteiger partial charge in [0, 0.05) is 39.1 Å². The summed E-state index contributed by atoms with van der Waals surface area (Å²) in [5.74, 6) is -1.22. The number of hydrogen-bond donors (Lipinski definition) is 1. The van der Waals surface area contributed by atoms with Crippen LogP contribution >= 0.6 is 11.6 Å². The summed E-state index contributed by atoms with van der Waals surface area (Å²) < 4.78 is 40.3. The number of nitrogens with zero attached hydrogens (tertiary/aromatic N) is 2. The lowest BCUT2D eigenvalue weighted by Crippen LogP contribution is -2.50. The third kappa shape index (κ3) is 5.46. The van der Waals surface area contributed by atoms with Crippen LogP contribution in [0.2, 0.25) is 5.02 Å². The van der Waals surface area contributed by atoms with Crippen LogP contribution in [0, 0.1) is 19.7 Å². The van der Waals surface area contributed by atoms with E-state index in [9.17, 15) is 22.4 Å². The summed E-state index contributed by atoms with van der Waals surface area (Å²) in [5.41, 5.74) is 2.06. The molecule has 2 aromatic rings. The molecule has 0 aromatic heterocycles. The van der Waals surface area contributed by atoms with E-state index in [-0.39, 0.29) is 60.5 Å². The van der Waals surface area contributed by atoms with Crippen LogP contribution < -0.4 is 5.32 Å². The summed E-state index contributed by atoms with van der Waals surface area (Å²) in [6.45, 7) is 4.85. The molecule has 0 unspecified atom stereocenters. The Morgan fingerprint density at radius 2 is 1.72 bits per heavy atom. The van der Waals surface area contributed by atoms with Crippen LogP contribution in [0.15, 0.2) is 41.3 Å². The SMILES string of the molecule is Cc1ccc(S(=O)(=O)N2CCN(C(=O)CCNC(=O)c3ccc(F)cc3Cl)CC2)cc1C. The van der Waals surface area contributed by atoms with Crippen molar-refractivity contribution in [2.45, 2.75) is 25.2 Å². The molecule has 0 bridgehead atoms. The summed E-state index contributed by atoms with van der Waals surface area (Å²) >= 11 is 5.87. The molecule has 10 heteroatoms. The molecule has 0 atom stereocenters. The van der Waals surface area contributed by atoms with Gasteiger partial charge in [0.25, 0.3) is 5.91 Å². The van der Waals surface area contributed by atoms with E-state index in [1.54, 1.807) is 23.1 Å². The van der Waals surface area contributed by atoms with Gasteiger partial charge in [0.1, 0.15) is 5.82 Å². The monoisotopic (exact) mass is 481 g/mol. The maximum absolute atomic E-state index is 13.1. The maximum Gasteiger partial charge on any atom is 0.252 e. The highest BCUT2D eigenvalue weighted by Crippen LogP contribution is 2.21. The molecule has 172 valence electrons. The first kappa shape index (κ1) is 24.2. The van der Waals surface area contributed by atoms with E-state index in [1.807, 2.05) is 13.8 Å². The first-order valence-corrected chi connectivity index (χ1v) is 12.0. The molecular formula is C22H25ClFN3O4S. The highest BCUT2D eigenvalue weighted by molar-refractivity contribution is 7.89. The fourth-order valence-corrected chi connectivity index (χ4v) is 5.17. The van der Waals surface area contributed by atoms with Gasteiger partial charge in [-0.2, -0.15) is 4.31 Å². The second kappa shape index (κ2) is 9.97. The first-order chi connectivity index (χ1) is 15.1. The fourth-order valence-electron chi connectivity index (χ4n) is 3.41. The highest BCUT2D eigenvalue weighted by atomic mass is 35.5. The van der Waals surface area contributed by atoms with Gasteiger partial charge in [0.2, 0.25) is 15.9 Å². The lowest BCUT2D eigenvalue weighted by atomic mass is 10.1. The molecule has 1 aliphatic rings. The second-order valence-corrected chi connectivity index (χ2v) is 10.0. The number of sulfonamides is 1. The molecule has 0 aliphatic carbocycles. The Morgan fingerprint density at radius 3 is 2.34 bits per heavy atom. The molecule has 1 fully saturated rings. The van der Waals surface area contributed by atoms with E-state index in [0.29, 0.717) is 0 Å². The van der Waals surface area contributed by atoms with Crippen LogP contribution in [0.4, 0.5) is 4.39 Å². The van der Waals surface area contributed by atoms with Gasteiger partial charge in [0.05, 0.1) is 15.5 Å². The van der Waals surface area contributed by atoms with Crippen molar-refractivity contribution in [3.8, 4) is 0 Å². The van der Waals surface area contributed by atoms with Gasteiger partial charge in [-0.3, -0.25) is 9.59 Å². The number of rotatable bonds is 6. The molecule has 0 saturated carbocycles. The van der Waals surface area contributed by atoms with Crippen LogP contribution in [0.1, 0.15) is 27.9 Å². The predicted octanol–water partition coefficient (Wildman–Crippen LogP) is 2.75. The van der Waals surface area contributed by atoms with Crippen molar-refractivity contribution < 1.29 is 22.4 Å². The molecule has 3 rings (SSSR count). The lowest BCUT2D eigenvalue weighted by Gasteiger charge is -2.34. The first-order valence-electron chi connectivity index (χ1n) is 10.2. The number of amides is 2. The van der Waals surface area contributed by atoms with Gasteiger partial charge < -0.3 is 10.2 Å². The van der Waals surface area contributed by atoms with Gasteiger partial charge in [-0.1, -0.05) is 17.7 Å². The van der Waals surface area contributed by atoms with Crippen molar-refractivity contribution in [2.24, 2.45) is 0 Å². The third-order valence-corrected chi connectivity index (χ3v) is 7.72. The zero-order valence-corrected chi connectivity index (χ0v) is 19.5. The van der Waals surface area contributed by atoms with Crippen molar-refractivity contribution in [2.75, 3.05) is 32.7 Å². The number of piperazine rings is 1. The van der Waals surface area contributed by atoms with Gasteiger partial charge in [-0.05, 0) is 55.3 Å². The summed E-state index contributed by atoms with van der Waals surface area (Å²) in [6, 6.07) is 8.52. The molecule has 7 nitrogen and oxygen atoms in total. The molecule has 2 amide bonds. The smallest absolute Gasteiger partial charge is 0.252 e. The average Bonchev–Trinajstić information content (AvgIpc) is 2.75. The molecule has 1 aliphatic heterocycles. The zero-order chi connectivity index (χ0) is 23.5. The van der Waals surface area contributed by atoms with E-state index in [0.717, 1.165) is 23.3 Å². The predicted molar refractivity (Wildman–Crippen MR) is 120 cm³/mol. The van der Waals surface area contributed by atoms with Crippen molar-refractivity contribution in [1.82, 2.24) is 14.5 Å². The largest absolute Gasteiger partial charge is 0.351 e. The Labute approximate surface area is 192 Å². The molecule has 2 aromatic carbocycles. The van der Waals surface area contributed by atoms with Gasteiger partial charge >= 0.3 is 0 Å². The van der Waals surface area contributed by atoms with Crippen molar-refractivity contribution in [3.63, 3.8) is 0 Å². The molecule has 1 saturated heterocycles. The molecule has 1 heterocycles. The van der Waals surface area contributed by atoms with E-state index >= 15 is 0 Å². The lowest BCUT2D eigenvalue weighted by molar-refractivity contribution is -0.132. The summed E-state index contributed by atoms with van der Waals surface area (Å²) in [6.07, 6.45) is 0.0639. The number of hydrogen-bond acceptors (Lipinski definition) is 4. The number of halogens is 2. The van der Waals surface area contributed by atoms with E-state index in [1.165, 1.54) is 10.4 Å². The molecular weight excluding hydrogens is 457 g/mol. The number of carbonyl (C=O) groups excluding carboxylic acids is 2. The maximum atomic E-state index is 13.1. The second-order valence-electron chi connectivity index (χ2n) is 7.66. The summed E-state index contributed by atoms with van der Waals surface area (Å²) in [5, 5.41) is 2.59. The van der Waals surface area contributed by atoms with Crippen molar-refractivity contribution in [1.29, 1.82) is 0 Å². The summed E-state index contributed by atoms with van der Waals surface area (Å²) in [7, 11) is -3.62. The van der Waals surface area contributed by atoms with Gasteiger partial charge in [-0.15, -0.1) is 0 Å². The fraction of sp³-hybridized carbons (Fsp3) is 0.364.